The topological polar surface area (TPSA) is 224 Å². The van der Waals surface area contributed by atoms with Gasteiger partial charge in [-0.05, 0) is 23.3 Å². The molecule has 0 radical (unpaired) electrons. The Balaban J connectivity index is 0.987. The average Bonchev–Trinajstić information content (AvgIpc) is 3.85. The lowest BCUT2D eigenvalue weighted by Crippen LogP contribution is -2.44. The molecule has 0 N–H and O–H groups in total. The third kappa shape index (κ3) is 10.6. The zero-order chi connectivity index (χ0) is 45.5. The van der Waals surface area contributed by atoms with Crippen molar-refractivity contribution in [3.63, 3.8) is 0 Å². The minimum atomic E-state index is -4.51. The highest BCUT2D eigenvalue weighted by Crippen LogP contribution is 2.57. The number of phosphoric ester groups is 1. The largest absolute Gasteiger partial charge is 0.475 e. The number of hydrogen-bond donors (Lipinski definition) is 0. The quantitative estimate of drug-likeness (QED) is 0.108. The first-order valence-electron chi connectivity index (χ1n) is 20.3. The monoisotopic (exact) mass is 940 g/mol. The van der Waals surface area contributed by atoms with Crippen molar-refractivity contribution in [3.8, 4) is 5.75 Å². The molecular weight excluding hydrogens is 894 g/mol. The van der Waals surface area contributed by atoms with Gasteiger partial charge in [0, 0.05) is 38.7 Å². The molecule has 23 heteroatoms. The van der Waals surface area contributed by atoms with Crippen LogP contribution in [-0.2, 0) is 82.3 Å². The van der Waals surface area contributed by atoms with Crippen LogP contribution in [0.4, 0.5) is 0 Å². The predicted octanol–water partition coefficient (Wildman–Crippen LogP) is 3.60. The number of methoxy groups -OCH3 is 2. The van der Waals surface area contributed by atoms with Crippen LogP contribution in [-0.4, -0.2) is 82.3 Å². The maximum atomic E-state index is 14.2. The Morgan fingerprint density at radius 3 is 1.74 bits per heavy atom. The number of fused-ring (bicyclic) bond motifs is 1. The molecule has 3 aliphatic heterocycles. The fraction of sp³-hybridized carbons (Fsp3) is 0.381. The van der Waals surface area contributed by atoms with Gasteiger partial charge in [-0.3, -0.25) is 36.8 Å². The van der Waals surface area contributed by atoms with E-state index in [1.165, 1.54) is 32.7 Å². The summed E-state index contributed by atoms with van der Waals surface area (Å²) in [6, 6.07) is 29.0. The van der Waals surface area contributed by atoms with Crippen molar-refractivity contribution in [2.45, 2.75) is 75.8 Å². The van der Waals surface area contributed by atoms with Crippen molar-refractivity contribution in [1.29, 1.82) is 0 Å². The zero-order valence-corrected chi connectivity index (χ0v) is 36.9. The number of ether oxygens (including phenoxy) is 6. The summed E-state index contributed by atoms with van der Waals surface area (Å²) in [5.74, 6) is 0.248. The molecule has 8 rings (SSSR count). The molecule has 0 saturated carbocycles. The van der Waals surface area contributed by atoms with Crippen LogP contribution in [0.25, 0.3) is 0 Å². The van der Waals surface area contributed by atoms with Gasteiger partial charge < -0.3 is 32.9 Å². The van der Waals surface area contributed by atoms with Crippen LogP contribution in [0.1, 0.15) is 23.6 Å². The molecule has 3 aliphatic rings. The predicted molar refractivity (Wildman–Crippen MR) is 227 cm³/mol. The van der Waals surface area contributed by atoms with Crippen LogP contribution in [0.2, 0.25) is 0 Å². The molecule has 0 bridgehead atoms. The number of rotatable bonds is 19. The van der Waals surface area contributed by atoms with Gasteiger partial charge in [0.25, 0.3) is 11.1 Å². The van der Waals surface area contributed by atoms with Gasteiger partial charge >= 0.3 is 27.5 Å². The molecule has 0 aliphatic carbocycles. The van der Waals surface area contributed by atoms with Gasteiger partial charge in [0.2, 0.25) is 0 Å². The standard InChI is InChI=1S/C42H46N4O17P2/c1-53-37-35(62-64(51)61-30-16-10-5-11-17-30)31(59-39(37)43-20-18-33(47)45(41(43)49)26-55-22-28-12-6-3-7-13-28)24-57-65(52)58-25-32-36(63-65)38(54-2)40(60-32)44-21-19-34(48)46(42(44)50)27-56-23-29-14-8-4-9-15-29/h3-21,31-32,35-40,64H,22-27H2,1-2H3/t31-,32-,35-,36-,37-,38-,39-,40-,65?/m1/s1. The minimum Gasteiger partial charge on any atom is -0.426 e. The SMILES string of the molecule is CO[C@@H]1[C@H](O[PH](=O)Oc2ccccc2)[C@@H](COP2(=O)OC[C@H]3O[C@@H](n4ccc(=O)n(COCc5ccccc5)c4=O)[C@H](OC)[C@@H]3O2)O[C@H]1n1ccc(=O)n(COCc2ccccc2)c1=O. The van der Waals surface area contributed by atoms with Gasteiger partial charge in [0.05, 0.1) is 26.4 Å². The van der Waals surface area contributed by atoms with Crippen molar-refractivity contribution < 1.29 is 60.2 Å². The van der Waals surface area contributed by atoms with E-state index in [-0.39, 0.29) is 32.3 Å². The average molecular weight is 941 g/mol. The molecule has 0 spiro atoms. The lowest BCUT2D eigenvalue weighted by atomic mass is 10.1. The minimum absolute atomic E-state index is 0.120. The highest BCUT2D eigenvalue weighted by Gasteiger charge is 2.56. The van der Waals surface area contributed by atoms with Crippen LogP contribution < -0.4 is 27.0 Å². The summed E-state index contributed by atoms with van der Waals surface area (Å²) >= 11 is 0. The summed E-state index contributed by atoms with van der Waals surface area (Å²) in [7, 11) is -5.20. The van der Waals surface area contributed by atoms with Crippen molar-refractivity contribution in [2.75, 3.05) is 27.4 Å². The molecule has 0 amide bonds. The molecule has 3 aromatic carbocycles. The van der Waals surface area contributed by atoms with Crippen molar-refractivity contribution >= 4 is 16.1 Å². The van der Waals surface area contributed by atoms with Gasteiger partial charge in [-0.25, -0.2) is 27.9 Å². The summed E-state index contributed by atoms with van der Waals surface area (Å²) in [5.41, 5.74) is -1.16. The molecule has 346 valence electrons. The summed E-state index contributed by atoms with van der Waals surface area (Å²) in [6.07, 6.45) is -6.83. The molecule has 10 atom stereocenters. The molecule has 3 fully saturated rings. The number of nitrogens with zero attached hydrogens (tertiary/aromatic N) is 4. The van der Waals surface area contributed by atoms with Gasteiger partial charge in [0.1, 0.15) is 55.8 Å². The Morgan fingerprint density at radius 2 is 1.20 bits per heavy atom. The van der Waals surface area contributed by atoms with Gasteiger partial charge in [-0.2, -0.15) is 0 Å². The molecular formula is C42H46N4O17P2. The van der Waals surface area contributed by atoms with Crippen LogP contribution in [0.15, 0.2) is 135 Å². The first-order valence-corrected chi connectivity index (χ1v) is 23.0. The Kier molecular flexibility index (Phi) is 15.0. The number of phosphoric acid groups is 1. The van der Waals surface area contributed by atoms with E-state index >= 15 is 0 Å². The fourth-order valence-corrected chi connectivity index (χ4v) is 9.84. The molecule has 21 nitrogen and oxygen atoms in total. The molecule has 2 aromatic heterocycles. The van der Waals surface area contributed by atoms with Gasteiger partial charge in [0.15, 0.2) is 12.5 Å². The molecule has 2 unspecified atom stereocenters. The highest BCUT2D eigenvalue weighted by molar-refractivity contribution is 7.48. The van der Waals surface area contributed by atoms with E-state index in [0.717, 1.165) is 35.5 Å². The summed E-state index contributed by atoms with van der Waals surface area (Å²) < 4.78 is 95.7. The molecule has 3 saturated heterocycles. The fourth-order valence-electron chi connectivity index (χ4n) is 7.55. The Labute approximate surface area is 371 Å². The van der Waals surface area contributed by atoms with E-state index in [9.17, 15) is 28.3 Å². The maximum absolute atomic E-state index is 14.2. The highest BCUT2D eigenvalue weighted by atomic mass is 31.2. The zero-order valence-electron chi connectivity index (χ0n) is 35.0. The summed E-state index contributed by atoms with van der Waals surface area (Å²) in [6.45, 7) is -1.39. The lowest BCUT2D eigenvalue weighted by Gasteiger charge is -2.32. The number of hydrogen-bond acceptors (Lipinski definition) is 17. The van der Waals surface area contributed by atoms with E-state index in [1.54, 1.807) is 30.3 Å². The van der Waals surface area contributed by atoms with Crippen LogP contribution in [0, 0.1) is 0 Å². The smallest absolute Gasteiger partial charge is 0.426 e. The number of aromatic nitrogens is 4. The Morgan fingerprint density at radius 1 is 0.677 bits per heavy atom. The van der Waals surface area contributed by atoms with Crippen molar-refractivity contribution in [3.05, 3.63) is 168 Å². The number of para-hydroxylation sites is 1. The summed E-state index contributed by atoms with van der Waals surface area (Å²) in [5, 5.41) is 0. The van der Waals surface area contributed by atoms with E-state index < -0.39 is 101 Å². The normalized spacial score (nSPS) is 26.7. The van der Waals surface area contributed by atoms with Crippen molar-refractivity contribution in [2.24, 2.45) is 0 Å². The van der Waals surface area contributed by atoms with E-state index in [1.807, 2.05) is 60.7 Å². The van der Waals surface area contributed by atoms with Crippen molar-refractivity contribution in [1.82, 2.24) is 18.3 Å². The van der Waals surface area contributed by atoms with E-state index in [0.29, 0.717) is 0 Å². The molecule has 5 aromatic rings. The second-order valence-corrected chi connectivity index (χ2v) is 17.4. The molecule has 5 heterocycles. The Hall–Kier alpha value is -5.12. The number of benzene rings is 3. The summed E-state index contributed by atoms with van der Waals surface area (Å²) in [4.78, 5) is 53.2. The third-order valence-corrected chi connectivity index (χ3v) is 13.0. The second-order valence-electron chi connectivity index (χ2n) is 14.9. The van der Waals surface area contributed by atoms with E-state index in [4.69, 9.17) is 51.0 Å². The first kappa shape index (κ1) is 46.4. The van der Waals surface area contributed by atoms with Gasteiger partial charge in [-0.1, -0.05) is 78.9 Å². The second kappa shape index (κ2) is 21.0. The van der Waals surface area contributed by atoms with Crippen LogP contribution in [0.5, 0.6) is 5.75 Å². The Bertz CT molecular complexity index is 2700. The van der Waals surface area contributed by atoms with Gasteiger partial charge in [-0.15, -0.1) is 0 Å². The third-order valence-electron chi connectivity index (χ3n) is 10.7. The lowest BCUT2D eigenvalue weighted by molar-refractivity contribution is -0.0855. The van der Waals surface area contributed by atoms with Crippen LogP contribution in [0.3, 0.4) is 0 Å². The first-order chi connectivity index (χ1) is 31.6. The van der Waals surface area contributed by atoms with E-state index in [2.05, 4.69) is 0 Å². The molecule has 65 heavy (non-hydrogen) atoms. The maximum Gasteiger partial charge on any atom is 0.475 e. The van der Waals surface area contributed by atoms with Crippen LogP contribution >= 0.6 is 16.1 Å².